The number of aliphatic hydroxyl groups is 1. The quantitative estimate of drug-likeness (QED) is 0.123. The maximum atomic E-state index is 12.5. The molecule has 0 saturated heterocycles. The Morgan fingerprint density at radius 1 is 1.15 bits per heavy atom. The molecule has 0 saturated carbocycles. The van der Waals surface area contributed by atoms with Crippen molar-refractivity contribution in [1.82, 2.24) is 10.2 Å². The minimum Gasteiger partial charge on any atom is -0.390 e. The highest BCUT2D eigenvalue weighted by Crippen LogP contribution is 2.26. The number of unbranched alkanes of at least 4 members (excludes halogenated alkanes) is 1. The third-order valence-electron chi connectivity index (χ3n) is 6.52. The van der Waals surface area contributed by atoms with Gasteiger partial charge in [-0.2, -0.15) is 0 Å². The predicted molar refractivity (Wildman–Crippen MR) is 162 cm³/mol. The normalized spacial score (nSPS) is 17.4. The van der Waals surface area contributed by atoms with Gasteiger partial charge in [0, 0.05) is 31.4 Å². The Bertz CT molecular complexity index is 1200. The monoisotopic (exact) mass is 566 g/mol. The van der Waals surface area contributed by atoms with Gasteiger partial charge in [0.15, 0.2) is 0 Å². The SMILES string of the molecule is CC(C)(O)CC1=CC(CC(=O)Nc2nnc(CCCCC(=N)CCC(N)=NC(=O)CC3=CCCC=C3)s2)CC=C1. The third-order valence-corrected chi connectivity index (χ3v) is 7.41. The van der Waals surface area contributed by atoms with E-state index in [-0.39, 0.29) is 30.0 Å². The first-order valence-corrected chi connectivity index (χ1v) is 14.9. The molecule has 1 heterocycles. The summed E-state index contributed by atoms with van der Waals surface area (Å²) in [5.74, 6) is 0.0457. The van der Waals surface area contributed by atoms with Crippen LogP contribution in [0.3, 0.4) is 0 Å². The Morgan fingerprint density at radius 3 is 2.70 bits per heavy atom. The molecule has 9 nitrogen and oxygen atoms in total. The van der Waals surface area contributed by atoms with Crippen molar-refractivity contribution in [3.05, 3.63) is 52.6 Å². The van der Waals surface area contributed by atoms with Crippen LogP contribution in [0, 0.1) is 11.3 Å². The smallest absolute Gasteiger partial charge is 0.251 e. The van der Waals surface area contributed by atoms with Gasteiger partial charge in [-0.1, -0.05) is 47.8 Å². The summed E-state index contributed by atoms with van der Waals surface area (Å²) in [5, 5.41) is 30.8. The van der Waals surface area contributed by atoms with Crippen LogP contribution in [0.2, 0.25) is 0 Å². The fourth-order valence-corrected chi connectivity index (χ4v) is 5.44. The van der Waals surface area contributed by atoms with E-state index in [0.29, 0.717) is 42.9 Å². The standard InChI is InChI=1S/C30H42N6O3S/c1-30(2,39)20-23-12-8-11-22(17-23)19-27(38)34-29-36-35-28(40-29)14-7-6-13-24(31)15-16-25(32)33-26(37)18-21-9-4-3-5-10-21/h4,8-10,12,17,22,31,39H,3,5-7,11,13-16,18-20H2,1-2H3,(H2,32,33,37)(H,34,36,38). The number of nitrogens with zero attached hydrogens (tertiary/aromatic N) is 3. The molecule has 0 spiro atoms. The lowest BCUT2D eigenvalue weighted by Gasteiger charge is -2.21. The molecule has 1 atom stereocenters. The molecular formula is C30H42N6O3S. The second-order valence-corrected chi connectivity index (χ2v) is 12.2. The van der Waals surface area contributed by atoms with Crippen LogP contribution in [0.4, 0.5) is 5.13 Å². The molecule has 0 aliphatic heterocycles. The van der Waals surface area contributed by atoms with Crippen LogP contribution in [0.5, 0.6) is 0 Å². The Kier molecular flexibility index (Phi) is 12.1. The van der Waals surface area contributed by atoms with Crippen LogP contribution in [-0.4, -0.2) is 44.3 Å². The summed E-state index contributed by atoms with van der Waals surface area (Å²) in [6.07, 6.45) is 20.2. The van der Waals surface area contributed by atoms with Crippen LogP contribution in [0.15, 0.2) is 52.6 Å². The molecule has 5 N–H and O–H groups in total. The van der Waals surface area contributed by atoms with Crippen LogP contribution < -0.4 is 11.1 Å². The Labute approximate surface area is 241 Å². The van der Waals surface area contributed by atoms with Crippen LogP contribution in [0.1, 0.15) is 89.5 Å². The van der Waals surface area contributed by atoms with E-state index in [0.717, 1.165) is 54.7 Å². The highest BCUT2D eigenvalue weighted by molar-refractivity contribution is 7.15. The molecule has 1 aromatic rings. The molecule has 216 valence electrons. The number of carbonyl (C=O) groups excluding carboxylic acids is 2. The molecule has 0 radical (unpaired) electrons. The van der Waals surface area contributed by atoms with Gasteiger partial charge in [0.05, 0.1) is 12.0 Å². The summed E-state index contributed by atoms with van der Waals surface area (Å²) in [6, 6.07) is 0. The summed E-state index contributed by atoms with van der Waals surface area (Å²) in [6.45, 7) is 3.56. The minimum absolute atomic E-state index is 0.0947. The maximum absolute atomic E-state index is 12.5. The number of hydrogen-bond donors (Lipinski definition) is 4. The molecule has 0 fully saturated rings. The fourth-order valence-electron chi connectivity index (χ4n) is 4.64. The van der Waals surface area contributed by atoms with E-state index in [1.807, 2.05) is 12.2 Å². The number of carbonyl (C=O) groups is 2. The molecule has 0 bridgehead atoms. The number of amidine groups is 1. The molecular weight excluding hydrogens is 524 g/mol. The van der Waals surface area contributed by atoms with E-state index >= 15 is 0 Å². The van der Waals surface area contributed by atoms with Gasteiger partial charge in [-0.25, -0.2) is 4.99 Å². The molecule has 2 aliphatic carbocycles. The number of aryl methyl sites for hydroxylation is 1. The summed E-state index contributed by atoms with van der Waals surface area (Å²) >= 11 is 1.38. The molecule has 1 aromatic heterocycles. The molecule has 10 heteroatoms. The molecule has 2 amide bonds. The number of allylic oxidation sites excluding steroid dienone is 6. The van der Waals surface area contributed by atoms with Gasteiger partial charge < -0.3 is 21.6 Å². The molecule has 3 rings (SSSR count). The van der Waals surface area contributed by atoms with E-state index in [1.54, 1.807) is 13.8 Å². The predicted octanol–water partition coefficient (Wildman–Crippen LogP) is 5.59. The second-order valence-electron chi connectivity index (χ2n) is 11.1. The largest absolute Gasteiger partial charge is 0.390 e. The number of aliphatic imine (C=N–C) groups is 1. The number of nitrogens with one attached hydrogen (secondary N) is 2. The van der Waals surface area contributed by atoms with Crippen molar-refractivity contribution < 1.29 is 14.7 Å². The number of hydrogen-bond acceptors (Lipinski definition) is 7. The van der Waals surface area contributed by atoms with Crippen molar-refractivity contribution in [2.75, 3.05) is 5.32 Å². The lowest BCUT2D eigenvalue weighted by atomic mass is 9.88. The Hall–Kier alpha value is -3.24. The number of anilines is 1. The van der Waals surface area contributed by atoms with Gasteiger partial charge in [0.2, 0.25) is 11.0 Å². The zero-order valence-corrected chi connectivity index (χ0v) is 24.4. The average molecular weight is 567 g/mol. The van der Waals surface area contributed by atoms with Crippen molar-refractivity contribution in [1.29, 1.82) is 5.41 Å². The molecule has 0 aromatic carbocycles. The van der Waals surface area contributed by atoms with Gasteiger partial charge in [-0.15, -0.1) is 10.2 Å². The van der Waals surface area contributed by atoms with Crippen molar-refractivity contribution in [2.24, 2.45) is 16.6 Å². The number of amides is 2. The number of aromatic nitrogens is 2. The van der Waals surface area contributed by atoms with Crippen molar-refractivity contribution >= 4 is 39.8 Å². The molecule has 2 aliphatic rings. The zero-order chi connectivity index (χ0) is 29.0. The zero-order valence-electron chi connectivity index (χ0n) is 23.6. The van der Waals surface area contributed by atoms with Crippen molar-refractivity contribution in [3.8, 4) is 0 Å². The fraction of sp³-hybridized carbons (Fsp3) is 0.533. The van der Waals surface area contributed by atoms with Crippen LogP contribution >= 0.6 is 11.3 Å². The topological polar surface area (TPSA) is 154 Å². The van der Waals surface area contributed by atoms with Crippen molar-refractivity contribution in [3.63, 3.8) is 0 Å². The lowest BCUT2D eigenvalue weighted by molar-refractivity contribution is -0.117. The van der Waals surface area contributed by atoms with E-state index in [9.17, 15) is 14.7 Å². The van der Waals surface area contributed by atoms with Gasteiger partial charge in [0.25, 0.3) is 5.91 Å². The summed E-state index contributed by atoms with van der Waals surface area (Å²) in [7, 11) is 0. The van der Waals surface area contributed by atoms with E-state index in [2.05, 4.69) is 44.8 Å². The molecule has 1 unspecified atom stereocenters. The lowest BCUT2D eigenvalue weighted by Crippen LogP contribution is -2.20. The highest BCUT2D eigenvalue weighted by atomic mass is 32.1. The Morgan fingerprint density at radius 2 is 1.95 bits per heavy atom. The third kappa shape index (κ3) is 12.3. The van der Waals surface area contributed by atoms with E-state index in [1.165, 1.54) is 11.3 Å². The minimum atomic E-state index is -0.779. The summed E-state index contributed by atoms with van der Waals surface area (Å²) in [5.41, 5.74) is 7.76. The van der Waals surface area contributed by atoms with Gasteiger partial charge >= 0.3 is 0 Å². The summed E-state index contributed by atoms with van der Waals surface area (Å²) < 4.78 is 0. The van der Waals surface area contributed by atoms with Gasteiger partial charge in [-0.05, 0) is 75.9 Å². The van der Waals surface area contributed by atoms with Gasteiger partial charge in [-0.3, -0.25) is 9.59 Å². The van der Waals surface area contributed by atoms with E-state index < -0.39 is 5.60 Å². The number of nitrogens with two attached hydrogens (primary N) is 1. The van der Waals surface area contributed by atoms with Crippen LogP contribution in [0.25, 0.3) is 0 Å². The first-order chi connectivity index (χ1) is 19.1. The first-order valence-electron chi connectivity index (χ1n) is 14.1. The average Bonchev–Trinajstić information content (AvgIpc) is 3.32. The Balaban J connectivity index is 1.30. The number of rotatable bonds is 15. The highest BCUT2D eigenvalue weighted by Gasteiger charge is 2.19. The molecule has 40 heavy (non-hydrogen) atoms. The summed E-state index contributed by atoms with van der Waals surface area (Å²) in [4.78, 5) is 28.6. The maximum Gasteiger partial charge on any atom is 0.251 e. The van der Waals surface area contributed by atoms with E-state index in [4.69, 9.17) is 11.1 Å². The van der Waals surface area contributed by atoms with Gasteiger partial charge in [0.1, 0.15) is 10.8 Å². The van der Waals surface area contributed by atoms with Crippen molar-refractivity contribution in [2.45, 2.75) is 96.5 Å². The first kappa shape index (κ1) is 31.3. The second kappa shape index (κ2) is 15.5. The van der Waals surface area contributed by atoms with Crippen LogP contribution in [-0.2, 0) is 16.0 Å².